The average molecular weight is 273 g/mol. The van der Waals surface area contributed by atoms with E-state index in [9.17, 15) is 0 Å². The van der Waals surface area contributed by atoms with Gasteiger partial charge in [-0.25, -0.2) is 0 Å². The number of hydrogen-bond acceptors (Lipinski definition) is 2. The molecule has 1 aliphatic heterocycles. The number of hydrogen-bond donors (Lipinski definition) is 1. The van der Waals surface area contributed by atoms with Crippen molar-refractivity contribution in [3.63, 3.8) is 0 Å². The van der Waals surface area contributed by atoms with Gasteiger partial charge in [-0.2, -0.15) is 0 Å². The van der Waals surface area contributed by atoms with E-state index in [1.807, 2.05) is 0 Å². The number of para-hydroxylation sites is 1. The molecule has 1 aromatic rings. The summed E-state index contributed by atoms with van der Waals surface area (Å²) in [5, 5.41) is 3.74. The molecule has 2 nitrogen and oxygen atoms in total. The van der Waals surface area contributed by atoms with Gasteiger partial charge in [0, 0.05) is 18.0 Å². The third kappa shape index (κ3) is 2.46. The molecule has 0 radical (unpaired) electrons. The molecule has 0 bridgehead atoms. The molecule has 3 rings (SSSR count). The highest BCUT2D eigenvalue weighted by Gasteiger charge is 2.45. The van der Waals surface area contributed by atoms with Gasteiger partial charge in [0.2, 0.25) is 0 Å². The molecule has 1 aliphatic carbocycles. The fourth-order valence-electron chi connectivity index (χ4n) is 3.92. The predicted octanol–water partition coefficient (Wildman–Crippen LogP) is 4.46. The van der Waals surface area contributed by atoms with Gasteiger partial charge in [0.1, 0.15) is 11.4 Å². The van der Waals surface area contributed by atoms with Crippen LogP contribution in [-0.4, -0.2) is 12.1 Å². The maximum absolute atomic E-state index is 6.54. The standard InChI is InChI=1S/C18H27NO/c1-3-12-19-16-13-18(11-7-6-8-14(18)2)20-17-10-5-4-9-15(16)17/h4-5,9-10,14,16,19H,3,6-8,11-13H2,1-2H3. The lowest BCUT2D eigenvalue weighted by Gasteiger charge is -2.48. The van der Waals surface area contributed by atoms with Crippen molar-refractivity contribution < 1.29 is 4.74 Å². The average Bonchev–Trinajstić information content (AvgIpc) is 2.48. The first kappa shape index (κ1) is 13.9. The van der Waals surface area contributed by atoms with Crippen molar-refractivity contribution in [2.45, 2.75) is 64.0 Å². The van der Waals surface area contributed by atoms with E-state index in [0.717, 1.165) is 18.7 Å². The Labute approximate surface area is 122 Å². The second-order valence-electron chi connectivity index (χ2n) is 6.56. The molecule has 1 spiro atoms. The Kier molecular flexibility index (Phi) is 4.02. The molecule has 20 heavy (non-hydrogen) atoms. The van der Waals surface area contributed by atoms with Crippen LogP contribution >= 0.6 is 0 Å². The number of benzene rings is 1. The van der Waals surface area contributed by atoms with E-state index in [0.29, 0.717) is 12.0 Å². The Balaban J connectivity index is 1.90. The van der Waals surface area contributed by atoms with Crippen LogP contribution in [0.25, 0.3) is 0 Å². The lowest BCUT2D eigenvalue weighted by molar-refractivity contribution is -0.0443. The van der Waals surface area contributed by atoms with Gasteiger partial charge in [-0.15, -0.1) is 0 Å². The molecule has 1 fully saturated rings. The van der Waals surface area contributed by atoms with Gasteiger partial charge >= 0.3 is 0 Å². The van der Waals surface area contributed by atoms with Crippen LogP contribution in [-0.2, 0) is 0 Å². The van der Waals surface area contributed by atoms with E-state index < -0.39 is 0 Å². The summed E-state index contributed by atoms with van der Waals surface area (Å²) in [6.07, 6.45) is 7.51. The maximum atomic E-state index is 6.54. The van der Waals surface area contributed by atoms with Crippen molar-refractivity contribution >= 4 is 0 Å². The summed E-state index contributed by atoms with van der Waals surface area (Å²) in [6, 6.07) is 9.06. The SMILES string of the molecule is CCCNC1CC2(CCCCC2C)Oc2ccccc21. The zero-order chi connectivity index (χ0) is 14.0. The number of rotatable bonds is 3. The molecular formula is C18H27NO. The van der Waals surface area contributed by atoms with E-state index in [2.05, 4.69) is 43.4 Å². The van der Waals surface area contributed by atoms with Gasteiger partial charge < -0.3 is 10.1 Å². The maximum Gasteiger partial charge on any atom is 0.124 e. The zero-order valence-electron chi connectivity index (χ0n) is 12.8. The Morgan fingerprint density at radius 3 is 2.95 bits per heavy atom. The van der Waals surface area contributed by atoms with Crippen LogP contribution in [0.5, 0.6) is 5.75 Å². The monoisotopic (exact) mass is 273 g/mol. The molecule has 3 unspecified atom stereocenters. The Morgan fingerprint density at radius 1 is 1.30 bits per heavy atom. The van der Waals surface area contributed by atoms with Crippen LogP contribution in [0.15, 0.2) is 24.3 Å². The summed E-state index contributed by atoms with van der Waals surface area (Å²) in [7, 11) is 0. The molecule has 0 aromatic heterocycles. The van der Waals surface area contributed by atoms with Crippen molar-refractivity contribution in [2.24, 2.45) is 5.92 Å². The van der Waals surface area contributed by atoms with Crippen molar-refractivity contribution in [3.8, 4) is 5.75 Å². The number of nitrogens with one attached hydrogen (secondary N) is 1. The number of ether oxygens (including phenoxy) is 1. The first-order chi connectivity index (χ1) is 9.75. The van der Waals surface area contributed by atoms with E-state index in [1.54, 1.807) is 0 Å². The summed E-state index contributed by atoms with van der Waals surface area (Å²) < 4.78 is 6.54. The zero-order valence-corrected chi connectivity index (χ0v) is 12.8. The van der Waals surface area contributed by atoms with Crippen LogP contribution in [0, 0.1) is 5.92 Å². The number of fused-ring (bicyclic) bond motifs is 1. The summed E-state index contributed by atoms with van der Waals surface area (Å²) in [5.74, 6) is 1.77. The highest BCUT2D eigenvalue weighted by molar-refractivity contribution is 5.39. The summed E-state index contributed by atoms with van der Waals surface area (Å²) in [5.41, 5.74) is 1.42. The largest absolute Gasteiger partial charge is 0.487 e. The molecule has 2 heteroatoms. The van der Waals surface area contributed by atoms with Crippen LogP contribution in [0.1, 0.15) is 64.0 Å². The van der Waals surface area contributed by atoms with E-state index in [-0.39, 0.29) is 5.60 Å². The van der Waals surface area contributed by atoms with Gasteiger partial charge in [0.15, 0.2) is 0 Å². The van der Waals surface area contributed by atoms with Gasteiger partial charge in [-0.05, 0) is 44.2 Å². The quantitative estimate of drug-likeness (QED) is 0.878. The predicted molar refractivity (Wildman–Crippen MR) is 83.1 cm³/mol. The molecule has 3 atom stereocenters. The van der Waals surface area contributed by atoms with E-state index in [4.69, 9.17) is 4.74 Å². The molecule has 1 N–H and O–H groups in total. The molecule has 0 amide bonds. The minimum Gasteiger partial charge on any atom is -0.487 e. The summed E-state index contributed by atoms with van der Waals surface area (Å²) in [6.45, 7) is 5.70. The van der Waals surface area contributed by atoms with E-state index >= 15 is 0 Å². The van der Waals surface area contributed by atoms with Crippen LogP contribution in [0.2, 0.25) is 0 Å². The van der Waals surface area contributed by atoms with E-state index in [1.165, 1.54) is 37.7 Å². The molecule has 1 heterocycles. The van der Waals surface area contributed by atoms with Gasteiger partial charge in [0.25, 0.3) is 0 Å². The topological polar surface area (TPSA) is 21.3 Å². The minimum absolute atomic E-state index is 0.0675. The van der Waals surface area contributed by atoms with Crippen LogP contribution < -0.4 is 10.1 Å². The molecule has 110 valence electrons. The summed E-state index contributed by atoms with van der Waals surface area (Å²) >= 11 is 0. The third-order valence-corrected chi connectivity index (χ3v) is 5.18. The normalized spacial score (nSPS) is 32.7. The highest BCUT2D eigenvalue weighted by Crippen LogP contribution is 2.48. The Morgan fingerprint density at radius 2 is 2.15 bits per heavy atom. The fraction of sp³-hybridized carbons (Fsp3) is 0.667. The molecular weight excluding hydrogens is 246 g/mol. The van der Waals surface area contributed by atoms with Gasteiger partial charge in [0.05, 0.1) is 0 Å². The minimum atomic E-state index is 0.0675. The third-order valence-electron chi connectivity index (χ3n) is 5.18. The van der Waals surface area contributed by atoms with Crippen LogP contribution in [0.4, 0.5) is 0 Å². The molecule has 0 saturated heterocycles. The van der Waals surface area contributed by atoms with Gasteiger partial charge in [-0.3, -0.25) is 0 Å². The smallest absolute Gasteiger partial charge is 0.124 e. The molecule has 1 saturated carbocycles. The molecule has 2 aliphatic rings. The lowest BCUT2D eigenvalue weighted by Crippen LogP contribution is -2.50. The second-order valence-corrected chi connectivity index (χ2v) is 6.56. The first-order valence-electron chi connectivity index (χ1n) is 8.26. The highest BCUT2D eigenvalue weighted by atomic mass is 16.5. The lowest BCUT2D eigenvalue weighted by atomic mass is 9.70. The van der Waals surface area contributed by atoms with Crippen molar-refractivity contribution in [1.29, 1.82) is 0 Å². The Hall–Kier alpha value is -1.02. The van der Waals surface area contributed by atoms with Crippen molar-refractivity contribution in [2.75, 3.05) is 6.54 Å². The second kappa shape index (κ2) is 5.77. The van der Waals surface area contributed by atoms with Gasteiger partial charge in [-0.1, -0.05) is 38.5 Å². The fourth-order valence-corrected chi connectivity index (χ4v) is 3.92. The van der Waals surface area contributed by atoms with Crippen LogP contribution in [0.3, 0.4) is 0 Å². The first-order valence-corrected chi connectivity index (χ1v) is 8.26. The summed E-state index contributed by atoms with van der Waals surface area (Å²) in [4.78, 5) is 0. The van der Waals surface area contributed by atoms with Crippen molar-refractivity contribution in [1.82, 2.24) is 5.32 Å². The molecule has 1 aromatic carbocycles. The Bertz CT molecular complexity index is 458. The van der Waals surface area contributed by atoms with Crippen molar-refractivity contribution in [3.05, 3.63) is 29.8 Å².